The topological polar surface area (TPSA) is 64.6 Å². The van der Waals surface area contributed by atoms with Gasteiger partial charge < -0.3 is 14.8 Å². The molecule has 0 saturated carbocycles. The van der Waals surface area contributed by atoms with Crippen LogP contribution in [0.4, 0.5) is 0 Å². The van der Waals surface area contributed by atoms with Gasteiger partial charge in [-0.3, -0.25) is 9.59 Å². The van der Waals surface area contributed by atoms with E-state index in [0.29, 0.717) is 12.8 Å². The highest BCUT2D eigenvalue weighted by molar-refractivity contribution is 5.77. The highest BCUT2D eigenvalue weighted by Gasteiger charge is 2.33. The number of hydrogen-bond acceptors (Lipinski definition) is 5. The lowest BCUT2D eigenvalue weighted by Crippen LogP contribution is -2.40. The molecule has 0 bridgehead atoms. The molecule has 5 nitrogen and oxygen atoms in total. The van der Waals surface area contributed by atoms with Crippen molar-refractivity contribution in [2.75, 3.05) is 7.11 Å². The Hall–Kier alpha value is -1.10. The van der Waals surface area contributed by atoms with E-state index in [1.165, 1.54) is 7.11 Å². The molecule has 17 heavy (non-hydrogen) atoms. The summed E-state index contributed by atoms with van der Waals surface area (Å²) >= 11 is 0. The van der Waals surface area contributed by atoms with Crippen molar-refractivity contribution in [1.29, 1.82) is 0 Å². The van der Waals surface area contributed by atoms with E-state index in [0.717, 1.165) is 6.42 Å². The molecule has 0 spiro atoms. The average molecular weight is 243 g/mol. The molecule has 1 aliphatic rings. The third-order valence-corrected chi connectivity index (χ3v) is 2.57. The Morgan fingerprint density at radius 3 is 2.47 bits per heavy atom. The van der Waals surface area contributed by atoms with Gasteiger partial charge in [-0.15, -0.1) is 0 Å². The van der Waals surface area contributed by atoms with E-state index in [1.807, 2.05) is 20.8 Å². The smallest absolute Gasteiger partial charge is 0.323 e. The fraction of sp³-hybridized carbons (Fsp3) is 0.833. The second-order valence-corrected chi connectivity index (χ2v) is 5.31. The number of methoxy groups -OCH3 is 1. The third kappa shape index (κ3) is 4.73. The molecule has 1 fully saturated rings. The van der Waals surface area contributed by atoms with Gasteiger partial charge in [-0.1, -0.05) is 0 Å². The van der Waals surface area contributed by atoms with Gasteiger partial charge in [-0.25, -0.2) is 0 Å². The molecule has 1 unspecified atom stereocenters. The maximum Gasteiger partial charge on any atom is 0.323 e. The molecule has 0 aromatic rings. The molecule has 1 N–H and O–H groups in total. The lowest BCUT2D eigenvalue weighted by atomic mass is 10.1. The molecule has 0 radical (unpaired) electrons. The van der Waals surface area contributed by atoms with Crippen LogP contribution in [0.3, 0.4) is 0 Å². The summed E-state index contributed by atoms with van der Waals surface area (Å²) in [6, 6.07) is -0.288. The zero-order chi connectivity index (χ0) is 13.1. The molecule has 98 valence electrons. The van der Waals surface area contributed by atoms with Gasteiger partial charge in [0.2, 0.25) is 0 Å². The largest absolute Gasteiger partial charge is 0.469 e. The Morgan fingerprint density at radius 1 is 1.29 bits per heavy atom. The van der Waals surface area contributed by atoms with Crippen molar-refractivity contribution in [1.82, 2.24) is 5.32 Å². The first-order valence-corrected chi connectivity index (χ1v) is 5.87. The Balaban J connectivity index is 2.39. The van der Waals surface area contributed by atoms with Crippen molar-refractivity contribution < 1.29 is 19.1 Å². The fourth-order valence-corrected chi connectivity index (χ4v) is 1.82. The first-order chi connectivity index (χ1) is 7.81. The molecule has 0 aromatic carbocycles. The number of carbonyl (C=O) groups is 2. The quantitative estimate of drug-likeness (QED) is 0.749. The number of ether oxygens (including phenoxy) is 2. The highest BCUT2D eigenvalue weighted by atomic mass is 16.6. The molecule has 1 aliphatic heterocycles. The van der Waals surface area contributed by atoms with Crippen molar-refractivity contribution in [2.45, 2.75) is 57.7 Å². The first kappa shape index (κ1) is 14.0. The molecule has 1 saturated heterocycles. The second kappa shape index (κ2) is 5.49. The van der Waals surface area contributed by atoms with Crippen LogP contribution < -0.4 is 5.32 Å². The summed E-state index contributed by atoms with van der Waals surface area (Å²) < 4.78 is 9.88. The van der Waals surface area contributed by atoms with Crippen LogP contribution in [0.5, 0.6) is 0 Å². The van der Waals surface area contributed by atoms with Crippen LogP contribution >= 0.6 is 0 Å². The van der Waals surface area contributed by atoms with Crippen LogP contribution in [0.25, 0.3) is 0 Å². The molecule has 5 heteroatoms. The number of hydrogen-bond donors (Lipinski definition) is 1. The summed E-state index contributed by atoms with van der Waals surface area (Å²) in [4.78, 5) is 22.9. The van der Waals surface area contributed by atoms with Crippen molar-refractivity contribution in [2.24, 2.45) is 0 Å². The van der Waals surface area contributed by atoms with Gasteiger partial charge in [0.1, 0.15) is 11.6 Å². The molecular formula is C12H21NO4. The highest BCUT2D eigenvalue weighted by Crippen LogP contribution is 2.18. The van der Waals surface area contributed by atoms with E-state index in [2.05, 4.69) is 10.1 Å². The van der Waals surface area contributed by atoms with Gasteiger partial charge in [0.05, 0.1) is 13.5 Å². The van der Waals surface area contributed by atoms with E-state index < -0.39 is 5.60 Å². The fourth-order valence-electron chi connectivity index (χ4n) is 1.82. The summed E-state index contributed by atoms with van der Waals surface area (Å²) in [5.74, 6) is -0.503. The van der Waals surface area contributed by atoms with Crippen molar-refractivity contribution in [3.63, 3.8) is 0 Å². The third-order valence-electron chi connectivity index (χ3n) is 2.57. The van der Waals surface area contributed by atoms with Gasteiger partial charge >= 0.3 is 11.9 Å². The summed E-state index contributed by atoms with van der Waals surface area (Å²) in [6.07, 6.45) is 1.80. The van der Waals surface area contributed by atoms with Gasteiger partial charge in [0, 0.05) is 6.04 Å². The Kier molecular flexibility index (Phi) is 4.51. The summed E-state index contributed by atoms with van der Waals surface area (Å²) in [6.45, 7) is 5.52. The lowest BCUT2D eigenvalue weighted by Gasteiger charge is -2.22. The monoisotopic (exact) mass is 243 g/mol. The number of nitrogens with one attached hydrogen (secondary N) is 1. The van der Waals surface area contributed by atoms with E-state index >= 15 is 0 Å². The average Bonchev–Trinajstić information content (AvgIpc) is 2.63. The van der Waals surface area contributed by atoms with Crippen molar-refractivity contribution >= 4 is 11.9 Å². The van der Waals surface area contributed by atoms with Crippen LogP contribution in [-0.4, -0.2) is 36.7 Å². The van der Waals surface area contributed by atoms with E-state index in [9.17, 15) is 9.59 Å². The molecule has 0 aliphatic carbocycles. The van der Waals surface area contributed by atoms with Crippen LogP contribution in [0.15, 0.2) is 0 Å². The Morgan fingerprint density at radius 2 is 1.94 bits per heavy atom. The van der Waals surface area contributed by atoms with Crippen molar-refractivity contribution in [3.05, 3.63) is 0 Å². The molecule has 1 heterocycles. The van der Waals surface area contributed by atoms with Gasteiger partial charge in [-0.2, -0.15) is 0 Å². The lowest BCUT2D eigenvalue weighted by molar-refractivity contribution is -0.157. The zero-order valence-corrected chi connectivity index (χ0v) is 10.9. The SMILES string of the molecule is COC(=O)CC1CC[C@@H](C(=O)OC(C)(C)C)N1. The standard InChI is InChI=1S/C12H21NO4/c1-12(2,3)17-11(15)9-6-5-8(13-9)7-10(14)16-4/h8-9,13H,5-7H2,1-4H3/t8?,9-/m0/s1. The molecule has 1 rings (SSSR count). The minimum Gasteiger partial charge on any atom is -0.469 e. The summed E-state index contributed by atoms with van der Waals surface area (Å²) in [7, 11) is 1.36. The van der Waals surface area contributed by atoms with Crippen molar-refractivity contribution in [3.8, 4) is 0 Å². The van der Waals surface area contributed by atoms with Gasteiger partial charge in [0.25, 0.3) is 0 Å². The first-order valence-electron chi connectivity index (χ1n) is 5.87. The molecule has 0 aromatic heterocycles. The van der Waals surface area contributed by atoms with E-state index in [1.54, 1.807) is 0 Å². The normalized spacial score (nSPS) is 24.5. The van der Waals surface area contributed by atoms with Crippen LogP contribution in [-0.2, 0) is 19.1 Å². The molecule has 0 amide bonds. The molecule has 2 atom stereocenters. The minimum atomic E-state index is -0.473. The van der Waals surface area contributed by atoms with E-state index in [4.69, 9.17) is 4.74 Å². The minimum absolute atomic E-state index is 0.0139. The molecular weight excluding hydrogens is 222 g/mol. The van der Waals surface area contributed by atoms with E-state index in [-0.39, 0.29) is 24.0 Å². The number of carbonyl (C=O) groups excluding carboxylic acids is 2. The predicted octanol–water partition coefficient (Wildman–Crippen LogP) is 1.01. The van der Waals surface area contributed by atoms with Gasteiger partial charge in [0.15, 0.2) is 0 Å². The maximum absolute atomic E-state index is 11.8. The Labute approximate surface area is 102 Å². The van der Waals surface area contributed by atoms with Crippen LogP contribution in [0.2, 0.25) is 0 Å². The summed E-state index contributed by atoms with van der Waals surface area (Å²) in [5.41, 5.74) is -0.473. The Bertz CT molecular complexity index is 295. The van der Waals surface area contributed by atoms with Crippen LogP contribution in [0.1, 0.15) is 40.0 Å². The number of rotatable bonds is 3. The van der Waals surface area contributed by atoms with Gasteiger partial charge in [-0.05, 0) is 33.6 Å². The second-order valence-electron chi connectivity index (χ2n) is 5.31. The zero-order valence-electron chi connectivity index (χ0n) is 10.9. The predicted molar refractivity (Wildman–Crippen MR) is 62.4 cm³/mol. The summed E-state index contributed by atoms with van der Waals surface area (Å²) in [5, 5.41) is 3.10. The number of esters is 2. The maximum atomic E-state index is 11.8. The van der Waals surface area contributed by atoms with Crippen LogP contribution in [0, 0.1) is 0 Å².